The van der Waals surface area contributed by atoms with E-state index in [1.807, 2.05) is 42.5 Å². The van der Waals surface area contributed by atoms with Crippen LogP contribution >= 0.6 is 22.6 Å². The van der Waals surface area contributed by atoms with Crippen LogP contribution in [-0.4, -0.2) is 11.9 Å². The Hall–Kier alpha value is -1.36. The van der Waals surface area contributed by atoms with Crippen molar-refractivity contribution in [3.63, 3.8) is 0 Å². The quantitative estimate of drug-likeness (QED) is 0.781. The van der Waals surface area contributed by atoms with E-state index >= 15 is 0 Å². The van der Waals surface area contributed by atoms with E-state index in [9.17, 15) is 4.79 Å². The Kier molecular flexibility index (Phi) is 5.59. The van der Waals surface area contributed by atoms with Crippen LogP contribution in [0.1, 0.15) is 29.3 Å². The summed E-state index contributed by atoms with van der Waals surface area (Å²) in [6, 6.07) is 18.2. The number of aryl methyl sites for hydroxylation is 1. The number of hydrogen-bond donors (Lipinski definition) is 1. The van der Waals surface area contributed by atoms with Gasteiger partial charge in [-0.25, -0.2) is 0 Å². The lowest BCUT2D eigenvalue weighted by Crippen LogP contribution is -2.33. The summed E-state index contributed by atoms with van der Waals surface area (Å²) in [6.45, 7) is 2.05. The van der Waals surface area contributed by atoms with Crippen LogP contribution < -0.4 is 5.32 Å². The smallest absolute Gasteiger partial charge is 0.252 e. The van der Waals surface area contributed by atoms with E-state index in [2.05, 4.69) is 47.0 Å². The van der Waals surface area contributed by atoms with E-state index in [1.54, 1.807) is 0 Å². The first kappa shape index (κ1) is 15.0. The first-order valence-corrected chi connectivity index (χ1v) is 7.84. The lowest BCUT2D eigenvalue weighted by atomic mass is 10.1. The molecule has 0 aliphatic rings. The molecule has 0 aliphatic carbocycles. The molecule has 0 saturated heterocycles. The summed E-state index contributed by atoms with van der Waals surface area (Å²) in [5.74, 6) is 0.00978. The zero-order valence-corrected chi connectivity index (χ0v) is 13.6. The van der Waals surface area contributed by atoms with Gasteiger partial charge in [-0.2, -0.15) is 0 Å². The van der Waals surface area contributed by atoms with Crippen molar-refractivity contribution in [3.8, 4) is 0 Å². The maximum atomic E-state index is 12.2. The third-order valence-corrected chi connectivity index (χ3v) is 4.15. The van der Waals surface area contributed by atoms with E-state index in [0.29, 0.717) is 0 Å². The number of hydrogen-bond acceptors (Lipinski definition) is 1. The first-order chi connectivity index (χ1) is 9.66. The number of rotatable bonds is 5. The molecule has 0 fully saturated rings. The molecule has 2 rings (SSSR count). The Morgan fingerprint density at radius 3 is 2.45 bits per heavy atom. The molecule has 0 saturated carbocycles. The van der Waals surface area contributed by atoms with E-state index < -0.39 is 0 Å². The highest BCUT2D eigenvalue weighted by atomic mass is 127. The predicted octanol–water partition coefficient (Wildman–Crippen LogP) is 4.04. The largest absolute Gasteiger partial charge is 0.350 e. The highest BCUT2D eigenvalue weighted by Crippen LogP contribution is 2.12. The zero-order valence-electron chi connectivity index (χ0n) is 11.5. The monoisotopic (exact) mass is 379 g/mol. The van der Waals surface area contributed by atoms with Crippen molar-refractivity contribution in [3.05, 3.63) is 69.3 Å². The highest BCUT2D eigenvalue weighted by molar-refractivity contribution is 14.1. The second-order valence-corrected chi connectivity index (χ2v) is 6.04. The second kappa shape index (κ2) is 7.43. The fourth-order valence-corrected chi connectivity index (χ4v) is 2.68. The first-order valence-electron chi connectivity index (χ1n) is 6.76. The number of amides is 1. The van der Waals surface area contributed by atoms with Gasteiger partial charge in [-0.3, -0.25) is 4.79 Å². The summed E-state index contributed by atoms with van der Waals surface area (Å²) in [5, 5.41) is 3.06. The van der Waals surface area contributed by atoms with Crippen molar-refractivity contribution in [2.45, 2.75) is 25.8 Å². The van der Waals surface area contributed by atoms with Gasteiger partial charge in [-0.15, -0.1) is 0 Å². The maximum Gasteiger partial charge on any atom is 0.252 e. The molecule has 2 aromatic rings. The summed E-state index contributed by atoms with van der Waals surface area (Å²) in [7, 11) is 0. The molecule has 0 unspecified atom stereocenters. The topological polar surface area (TPSA) is 29.1 Å². The molecule has 0 aliphatic heterocycles. The third kappa shape index (κ3) is 4.34. The average Bonchev–Trinajstić information content (AvgIpc) is 2.46. The molecule has 2 nitrogen and oxygen atoms in total. The van der Waals surface area contributed by atoms with Crippen LogP contribution in [0.4, 0.5) is 0 Å². The normalized spacial score (nSPS) is 11.9. The number of carbonyl (C=O) groups is 1. The summed E-state index contributed by atoms with van der Waals surface area (Å²) in [4.78, 5) is 12.2. The minimum atomic E-state index is 0.00978. The standard InChI is InChI=1S/C17H18INO/c1-13(11-12-14-7-3-2-4-8-14)19-17(20)15-9-5-6-10-16(15)18/h2-10,13H,11-12H2,1H3,(H,19,20)/t13-/m0/s1. The van der Waals surface area contributed by atoms with Crippen LogP contribution in [0.25, 0.3) is 0 Å². The summed E-state index contributed by atoms with van der Waals surface area (Å²) < 4.78 is 0.984. The zero-order chi connectivity index (χ0) is 14.4. The molecule has 1 N–H and O–H groups in total. The molecule has 2 aromatic carbocycles. The third-order valence-electron chi connectivity index (χ3n) is 3.20. The molecule has 3 heteroatoms. The maximum absolute atomic E-state index is 12.2. The van der Waals surface area contributed by atoms with Gasteiger partial charge < -0.3 is 5.32 Å². The van der Waals surface area contributed by atoms with E-state index in [-0.39, 0.29) is 11.9 Å². The Balaban J connectivity index is 1.87. The van der Waals surface area contributed by atoms with Crippen molar-refractivity contribution >= 4 is 28.5 Å². The number of nitrogens with one attached hydrogen (secondary N) is 1. The molecular formula is C17H18INO. The Morgan fingerprint density at radius 2 is 1.75 bits per heavy atom. The number of halogens is 1. The van der Waals surface area contributed by atoms with Gasteiger partial charge in [-0.05, 0) is 60.1 Å². The molecule has 0 aromatic heterocycles. The van der Waals surface area contributed by atoms with Gasteiger partial charge >= 0.3 is 0 Å². The Bertz CT molecular complexity index is 568. The molecule has 0 bridgehead atoms. The second-order valence-electron chi connectivity index (χ2n) is 4.88. The van der Waals surface area contributed by atoms with Gasteiger partial charge in [0.15, 0.2) is 0 Å². The van der Waals surface area contributed by atoms with Gasteiger partial charge in [0.2, 0.25) is 0 Å². The van der Waals surface area contributed by atoms with Crippen molar-refractivity contribution in [1.82, 2.24) is 5.32 Å². The van der Waals surface area contributed by atoms with Gasteiger partial charge in [-0.1, -0.05) is 42.5 Å². The summed E-state index contributed by atoms with van der Waals surface area (Å²) >= 11 is 2.19. The fraction of sp³-hybridized carbons (Fsp3) is 0.235. The van der Waals surface area contributed by atoms with Crippen LogP contribution in [0, 0.1) is 3.57 Å². The molecule has 1 amide bonds. The van der Waals surface area contributed by atoms with Crippen LogP contribution in [0.15, 0.2) is 54.6 Å². The van der Waals surface area contributed by atoms with Gasteiger partial charge in [0.05, 0.1) is 5.56 Å². The predicted molar refractivity (Wildman–Crippen MR) is 90.9 cm³/mol. The number of benzene rings is 2. The molecule has 20 heavy (non-hydrogen) atoms. The minimum Gasteiger partial charge on any atom is -0.350 e. The Morgan fingerprint density at radius 1 is 1.10 bits per heavy atom. The lowest BCUT2D eigenvalue weighted by Gasteiger charge is -2.14. The average molecular weight is 379 g/mol. The van der Waals surface area contributed by atoms with Gasteiger partial charge in [0.1, 0.15) is 0 Å². The van der Waals surface area contributed by atoms with Crippen LogP contribution in [0.3, 0.4) is 0 Å². The van der Waals surface area contributed by atoms with Crippen molar-refractivity contribution in [2.24, 2.45) is 0 Å². The molecule has 0 radical (unpaired) electrons. The molecule has 104 valence electrons. The fourth-order valence-electron chi connectivity index (χ4n) is 2.05. The molecule has 0 heterocycles. The highest BCUT2D eigenvalue weighted by Gasteiger charge is 2.12. The molecular weight excluding hydrogens is 361 g/mol. The minimum absolute atomic E-state index is 0.00978. The van der Waals surface area contributed by atoms with Crippen LogP contribution in [-0.2, 0) is 6.42 Å². The van der Waals surface area contributed by atoms with Gasteiger partial charge in [0, 0.05) is 9.61 Å². The SMILES string of the molecule is C[C@@H](CCc1ccccc1)NC(=O)c1ccccc1I. The summed E-state index contributed by atoms with van der Waals surface area (Å²) in [5.41, 5.74) is 2.06. The lowest BCUT2D eigenvalue weighted by molar-refractivity contribution is 0.0937. The Labute approximate surface area is 133 Å². The van der Waals surface area contributed by atoms with E-state index in [4.69, 9.17) is 0 Å². The van der Waals surface area contributed by atoms with Crippen LogP contribution in [0.5, 0.6) is 0 Å². The molecule has 1 atom stereocenters. The van der Waals surface area contributed by atoms with E-state index in [1.165, 1.54) is 5.56 Å². The summed E-state index contributed by atoms with van der Waals surface area (Å²) in [6.07, 6.45) is 1.92. The van der Waals surface area contributed by atoms with Crippen LogP contribution in [0.2, 0.25) is 0 Å². The molecule has 0 spiro atoms. The number of carbonyl (C=O) groups excluding carboxylic acids is 1. The van der Waals surface area contributed by atoms with Crippen molar-refractivity contribution < 1.29 is 4.79 Å². The van der Waals surface area contributed by atoms with Crippen molar-refractivity contribution in [2.75, 3.05) is 0 Å². The van der Waals surface area contributed by atoms with E-state index in [0.717, 1.165) is 22.0 Å². The van der Waals surface area contributed by atoms with Gasteiger partial charge in [0.25, 0.3) is 5.91 Å². The van der Waals surface area contributed by atoms with Crippen molar-refractivity contribution in [1.29, 1.82) is 0 Å².